The van der Waals surface area contributed by atoms with Crippen molar-refractivity contribution in [1.29, 1.82) is 0 Å². The lowest BCUT2D eigenvalue weighted by molar-refractivity contribution is 0.318. The van der Waals surface area contributed by atoms with Gasteiger partial charge in [-0.15, -0.1) is 0 Å². The van der Waals surface area contributed by atoms with Gasteiger partial charge in [0, 0.05) is 0 Å². The van der Waals surface area contributed by atoms with Crippen molar-refractivity contribution in [3.63, 3.8) is 0 Å². The Balaban J connectivity index is 2.05. The number of benzene rings is 2. The molecule has 0 atom stereocenters. The van der Waals surface area contributed by atoms with E-state index in [1.54, 1.807) is 0 Å². The van der Waals surface area contributed by atoms with Crippen molar-refractivity contribution in [2.75, 3.05) is 6.61 Å². The van der Waals surface area contributed by atoms with Crippen molar-refractivity contribution in [2.45, 2.75) is 13.3 Å². The molecule has 96 valence electrons. The smallest absolute Gasteiger partial charge is 0.231 e. The molecule has 0 unspecified atom stereocenters. The highest BCUT2D eigenvalue weighted by molar-refractivity contribution is 5.77. The average Bonchev–Trinajstić information content (AvgIpc) is 2.89. The predicted molar refractivity (Wildman–Crippen MR) is 75.2 cm³/mol. The Morgan fingerprint density at radius 2 is 1.84 bits per heavy atom. The number of oxazole rings is 1. The Labute approximate surface area is 111 Å². The first kappa shape index (κ1) is 11.8. The first-order valence-corrected chi connectivity index (χ1v) is 6.46. The zero-order valence-electron chi connectivity index (χ0n) is 10.8. The zero-order valence-corrected chi connectivity index (χ0v) is 10.8. The highest BCUT2D eigenvalue weighted by Gasteiger charge is 2.12. The Bertz CT molecular complexity index is 655. The first-order valence-electron chi connectivity index (χ1n) is 6.46. The largest absolute Gasteiger partial charge is 0.493 e. The second-order valence-corrected chi connectivity index (χ2v) is 4.33. The highest BCUT2D eigenvalue weighted by Crippen LogP contribution is 2.31. The fourth-order valence-corrected chi connectivity index (χ4v) is 1.97. The summed E-state index contributed by atoms with van der Waals surface area (Å²) in [6, 6.07) is 15.6. The monoisotopic (exact) mass is 253 g/mol. The number of rotatable bonds is 4. The molecular weight excluding hydrogens is 238 g/mol. The SMILES string of the molecule is CCCOc1ccccc1-c1nc2ccccc2o1. The van der Waals surface area contributed by atoms with Crippen LogP contribution in [-0.4, -0.2) is 11.6 Å². The summed E-state index contributed by atoms with van der Waals surface area (Å²) in [4.78, 5) is 4.51. The molecule has 3 heteroatoms. The van der Waals surface area contributed by atoms with Gasteiger partial charge in [-0.1, -0.05) is 31.2 Å². The van der Waals surface area contributed by atoms with Crippen LogP contribution in [0.5, 0.6) is 5.75 Å². The van der Waals surface area contributed by atoms with E-state index in [2.05, 4.69) is 11.9 Å². The molecule has 3 nitrogen and oxygen atoms in total. The molecule has 0 aliphatic heterocycles. The van der Waals surface area contributed by atoms with Gasteiger partial charge in [0.1, 0.15) is 11.3 Å². The number of nitrogens with zero attached hydrogens (tertiary/aromatic N) is 1. The lowest BCUT2D eigenvalue weighted by Crippen LogP contribution is -1.96. The van der Waals surface area contributed by atoms with Gasteiger partial charge in [0.05, 0.1) is 12.2 Å². The number of ether oxygens (including phenoxy) is 1. The van der Waals surface area contributed by atoms with Crippen LogP contribution in [0.2, 0.25) is 0 Å². The summed E-state index contributed by atoms with van der Waals surface area (Å²) in [5.74, 6) is 1.42. The molecule has 3 rings (SSSR count). The third kappa shape index (κ3) is 2.32. The number of para-hydroxylation sites is 3. The number of fused-ring (bicyclic) bond motifs is 1. The minimum Gasteiger partial charge on any atom is -0.493 e. The third-order valence-corrected chi connectivity index (χ3v) is 2.87. The minimum atomic E-state index is 0.605. The van der Waals surface area contributed by atoms with Crippen LogP contribution in [0.15, 0.2) is 52.9 Å². The molecule has 0 radical (unpaired) electrons. The second kappa shape index (κ2) is 5.14. The van der Waals surface area contributed by atoms with Crippen molar-refractivity contribution in [2.24, 2.45) is 0 Å². The van der Waals surface area contributed by atoms with Crippen LogP contribution in [-0.2, 0) is 0 Å². The molecule has 0 amide bonds. The molecule has 19 heavy (non-hydrogen) atoms. The van der Waals surface area contributed by atoms with Gasteiger partial charge >= 0.3 is 0 Å². The van der Waals surface area contributed by atoms with Crippen molar-refractivity contribution < 1.29 is 9.15 Å². The number of aromatic nitrogens is 1. The molecule has 1 aromatic heterocycles. The highest BCUT2D eigenvalue weighted by atomic mass is 16.5. The minimum absolute atomic E-state index is 0.605. The Morgan fingerprint density at radius 3 is 2.68 bits per heavy atom. The van der Waals surface area contributed by atoms with Gasteiger partial charge in [-0.25, -0.2) is 4.98 Å². The van der Waals surface area contributed by atoms with Crippen molar-refractivity contribution in [3.05, 3.63) is 48.5 Å². The van der Waals surface area contributed by atoms with Gasteiger partial charge in [-0.2, -0.15) is 0 Å². The zero-order chi connectivity index (χ0) is 13.1. The van der Waals surface area contributed by atoms with E-state index in [0.29, 0.717) is 12.5 Å². The molecule has 0 fully saturated rings. The first-order chi connectivity index (χ1) is 9.38. The summed E-state index contributed by atoms with van der Waals surface area (Å²) in [6.45, 7) is 2.78. The van der Waals surface area contributed by atoms with Crippen LogP contribution in [0.25, 0.3) is 22.6 Å². The second-order valence-electron chi connectivity index (χ2n) is 4.33. The molecule has 1 heterocycles. The van der Waals surface area contributed by atoms with Crippen LogP contribution in [0.3, 0.4) is 0 Å². The van der Waals surface area contributed by atoms with Gasteiger partial charge in [0.15, 0.2) is 5.58 Å². The summed E-state index contributed by atoms with van der Waals surface area (Å²) in [5.41, 5.74) is 2.55. The molecule has 0 saturated heterocycles. The summed E-state index contributed by atoms with van der Waals surface area (Å²) in [6.07, 6.45) is 0.974. The molecule has 3 aromatic rings. The van der Waals surface area contributed by atoms with Crippen LogP contribution in [0.4, 0.5) is 0 Å². The van der Waals surface area contributed by atoms with Gasteiger partial charge in [-0.3, -0.25) is 0 Å². The summed E-state index contributed by atoms with van der Waals surface area (Å²) in [5, 5.41) is 0. The Hall–Kier alpha value is -2.29. The molecule has 0 spiro atoms. The maximum Gasteiger partial charge on any atom is 0.231 e. The van der Waals surface area contributed by atoms with Gasteiger partial charge in [0.2, 0.25) is 5.89 Å². The van der Waals surface area contributed by atoms with Crippen molar-refractivity contribution >= 4 is 11.1 Å². The fraction of sp³-hybridized carbons (Fsp3) is 0.188. The lowest BCUT2D eigenvalue weighted by atomic mass is 10.2. The van der Waals surface area contributed by atoms with E-state index >= 15 is 0 Å². The standard InChI is InChI=1S/C16H15NO2/c1-2-11-18-14-9-5-3-7-12(14)16-17-13-8-4-6-10-15(13)19-16/h3-10H,2,11H2,1H3. The molecule has 0 aliphatic carbocycles. The average molecular weight is 253 g/mol. The predicted octanol–water partition coefficient (Wildman–Crippen LogP) is 4.28. The molecule has 0 N–H and O–H groups in total. The molecule has 0 bridgehead atoms. The summed E-state index contributed by atoms with van der Waals surface area (Å²) in [7, 11) is 0. The number of hydrogen-bond acceptors (Lipinski definition) is 3. The Morgan fingerprint density at radius 1 is 1.05 bits per heavy atom. The van der Waals surface area contributed by atoms with Crippen molar-refractivity contribution in [1.82, 2.24) is 4.98 Å². The van der Waals surface area contributed by atoms with E-state index in [1.807, 2.05) is 48.5 Å². The summed E-state index contributed by atoms with van der Waals surface area (Å²) >= 11 is 0. The van der Waals surface area contributed by atoms with Crippen LogP contribution >= 0.6 is 0 Å². The normalized spacial score (nSPS) is 10.8. The maximum atomic E-state index is 5.78. The Kier molecular flexibility index (Phi) is 3.19. The van der Waals surface area contributed by atoms with Gasteiger partial charge in [0.25, 0.3) is 0 Å². The van der Waals surface area contributed by atoms with E-state index in [9.17, 15) is 0 Å². The fourth-order valence-electron chi connectivity index (χ4n) is 1.97. The van der Waals surface area contributed by atoms with Gasteiger partial charge < -0.3 is 9.15 Å². The third-order valence-electron chi connectivity index (χ3n) is 2.87. The maximum absolute atomic E-state index is 5.78. The van der Waals surface area contributed by atoms with E-state index < -0.39 is 0 Å². The summed E-state index contributed by atoms with van der Waals surface area (Å²) < 4.78 is 11.5. The van der Waals surface area contributed by atoms with E-state index in [1.165, 1.54) is 0 Å². The molecule has 0 aliphatic rings. The van der Waals surface area contributed by atoms with Crippen LogP contribution < -0.4 is 4.74 Å². The quantitative estimate of drug-likeness (QED) is 0.696. The molecular formula is C16H15NO2. The molecule has 2 aromatic carbocycles. The van der Waals surface area contributed by atoms with Crippen molar-refractivity contribution in [3.8, 4) is 17.2 Å². The van der Waals surface area contributed by atoms with Gasteiger partial charge in [-0.05, 0) is 30.7 Å². The lowest BCUT2D eigenvalue weighted by Gasteiger charge is -2.07. The van der Waals surface area contributed by atoms with Crippen LogP contribution in [0, 0.1) is 0 Å². The topological polar surface area (TPSA) is 35.3 Å². The number of hydrogen-bond donors (Lipinski definition) is 0. The van der Waals surface area contributed by atoms with E-state index in [-0.39, 0.29) is 0 Å². The van der Waals surface area contributed by atoms with Crippen LogP contribution in [0.1, 0.15) is 13.3 Å². The van der Waals surface area contributed by atoms with E-state index in [0.717, 1.165) is 28.8 Å². The molecule has 0 saturated carbocycles. The van der Waals surface area contributed by atoms with E-state index in [4.69, 9.17) is 9.15 Å².